The lowest BCUT2D eigenvalue weighted by atomic mass is 9.98. The zero-order valence-corrected chi connectivity index (χ0v) is 11.4. The lowest BCUT2D eigenvalue weighted by Crippen LogP contribution is -2.56. The van der Waals surface area contributed by atoms with Crippen molar-refractivity contribution in [3.63, 3.8) is 0 Å². The van der Waals surface area contributed by atoms with E-state index in [0.29, 0.717) is 13.1 Å². The molecule has 0 bridgehead atoms. The molecule has 1 unspecified atom stereocenters. The summed E-state index contributed by atoms with van der Waals surface area (Å²) in [6.45, 7) is 5.36. The van der Waals surface area contributed by atoms with Crippen LogP contribution in [0.2, 0.25) is 0 Å². The Morgan fingerprint density at radius 2 is 2.11 bits per heavy atom. The van der Waals surface area contributed by atoms with Crippen LogP contribution in [0.1, 0.15) is 26.7 Å². The highest BCUT2D eigenvalue weighted by Gasteiger charge is 2.46. The maximum Gasteiger partial charge on any atom is 0.380 e. The second-order valence-corrected chi connectivity index (χ2v) is 6.27. The van der Waals surface area contributed by atoms with Gasteiger partial charge in [-0.2, -0.15) is 0 Å². The molecule has 2 fully saturated rings. The van der Waals surface area contributed by atoms with E-state index < -0.39 is 5.30 Å². The maximum atomic E-state index is 11.9. The van der Waals surface area contributed by atoms with Gasteiger partial charge in [-0.25, -0.2) is 9.10 Å². The van der Waals surface area contributed by atoms with Crippen molar-refractivity contribution in [1.82, 2.24) is 14.9 Å². The number of hydrogen-bond donors (Lipinski definition) is 3. The van der Waals surface area contributed by atoms with Gasteiger partial charge in [0.1, 0.15) is 0 Å². The Morgan fingerprint density at radius 1 is 1.50 bits per heavy atom. The van der Waals surface area contributed by atoms with E-state index in [1.807, 2.05) is 18.2 Å². The van der Waals surface area contributed by atoms with E-state index in [4.69, 9.17) is 5.11 Å². The van der Waals surface area contributed by atoms with Crippen LogP contribution in [0.3, 0.4) is 0 Å². The lowest BCUT2D eigenvalue weighted by Gasteiger charge is -2.38. The highest BCUT2D eigenvalue weighted by atomic mass is 32.2. The highest BCUT2D eigenvalue weighted by Crippen LogP contribution is 2.29. The summed E-state index contributed by atoms with van der Waals surface area (Å²) in [6, 6.07) is -0.135. The molecule has 2 aliphatic heterocycles. The fourth-order valence-electron chi connectivity index (χ4n) is 2.52. The molecule has 2 heterocycles. The monoisotopic (exact) mass is 273 g/mol. The van der Waals surface area contributed by atoms with Gasteiger partial charge in [-0.3, -0.25) is 10.1 Å². The molecule has 0 aliphatic carbocycles. The highest BCUT2D eigenvalue weighted by molar-refractivity contribution is 8.11. The van der Waals surface area contributed by atoms with Gasteiger partial charge < -0.3 is 10.4 Å². The minimum absolute atomic E-state index is 0.0596. The van der Waals surface area contributed by atoms with Crippen LogP contribution in [0.4, 0.5) is 4.79 Å². The zero-order chi connectivity index (χ0) is 13.3. The number of rotatable bonds is 2. The fraction of sp³-hybridized carbons (Fsp3) is 0.818. The molecular formula is C11H19N3O3S. The normalized spacial score (nSPS) is 27.7. The van der Waals surface area contributed by atoms with E-state index in [1.165, 1.54) is 0 Å². The third-order valence-corrected chi connectivity index (χ3v) is 4.31. The summed E-state index contributed by atoms with van der Waals surface area (Å²) < 4.78 is 1.82. The first-order valence-corrected chi connectivity index (χ1v) is 6.95. The van der Waals surface area contributed by atoms with Crippen LogP contribution >= 0.6 is 11.9 Å². The number of amides is 1. The molecule has 1 amide bonds. The molecule has 0 saturated carbocycles. The summed E-state index contributed by atoms with van der Waals surface area (Å²) in [7, 11) is 0. The Morgan fingerprint density at radius 3 is 2.56 bits per heavy atom. The van der Waals surface area contributed by atoms with Crippen molar-refractivity contribution in [3.8, 4) is 0 Å². The number of nitrogens with zero attached hydrogens (tertiary/aromatic N) is 1. The summed E-state index contributed by atoms with van der Waals surface area (Å²) in [5.41, 5.74) is -0.332. The first kappa shape index (κ1) is 13.6. The lowest BCUT2D eigenvalue weighted by molar-refractivity contribution is -0.121. The number of carbonyl (C=O) groups is 2. The molecule has 0 aromatic rings. The van der Waals surface area contributed by atoms with E-state index in [1.54, 1.807) is 0 Å². The van der Waals surface area contributed by atoms with Crippen molar-refractivity contribution in [2.45, 2.75) is 38.4 Å². The van der Waals surface area contributed by atoms with Gasteiger partial charge in [0.05, 0.1) is 11.7 Å². The topological polar surface area (TPSA) is 81.7 Å². The van der Waals surface area contributed by atoms with Gasteiger partial charge in [-0.1, -0.05) is 13.8 Å². The van der Waals surface area contributed by atoms with Gasteiger partial charge in [0.25, 0.3) is 0 Å². The molecule has 2 saturated heterocycles. The van der Waals surface area contributed by atoms with E-state index >= 15 is 0 Å². The minimum atomic E-state index is -0.880. The first-order valence-electron chi connectivity index (χ1n) is 6.17. The van der Waals surface area contributed by atoms with Crippen LogP contribution in [0.15, 0.2) is 0 Å². The molecule has 0 radical (unpaired) electrons. The zero-order valence-electron chi connectivity index (χ0n) is 10.6. The van der Waals surface area contributed by atoms with E-state index in [9.17, 15) is 9.59 Å². The Balaban J connectivity index is 1.93. The largest absolute Gasteiger partial charge is 0.472 e. The molecule has 7 heteroatoms. The fourth-order valence-corrected chi connectivity index (χ4v) is 3.11. The van der Waals surface area contributed by atoms with Crippen molar-refractivity contribution in [3.05, 3.63) is 0 Å². The average Bonchev–Trinajstić information content (AvgIpc) is 2.59. The van der Waals surface area contributed by atoms with Crippen LogP contribution in [0.5, 0.6) is 0 Å². The van der Waals surface area contributed by atoms with Gasteiger partial charge in [-0.05, 0) is 18.8 Å². The van der Waals surface area contributed by atoms with Crippen LogP contribution in [-0.2, 0) is 4.79 Å². The molecule has 2 rings (SSSR count). The Bertz CT molecular complexity index is 353. The number of carboxylic acid groups (broad SMARTS) is 1. The predicted molar refractivity (Wildman–Crippen MR) is 69.1 cm³/mol. The molecule has 2 aliphatic rings. The van der Waals surface area contributed by atoms with E-state index in [2.05, 4.69) is 10.6 Å². The smallest absolute Gasteiger partial charge is 0.380 e. The molecule has 3 N–H and O–H groups in total. The second-order valence-electron chi connectivity index (χ2n) is 5.22. The van der Waals surface area contributed by atoms with Crippen molar-refractivity contribution < 1.29 is 14.7 Å². The number of nitrogens with one attached hydrogen (secondary N) is 2. The summed E-state index contributed by atoms with van der Waals surface area (Å²) in [6.07, 6.45) is 1.48. The van der Waals surface area contributed by atoms with Crippen LogP contribution in [-0.4, -0.2) is 45.4 Å². The molecule has 1 spiro atoms. The van der Waals surface area contributed by atoms with Crippen molar-refractivity contribution in [2.24, 2.45) is 5.92 Å². The van der Waals surface area contributed by atoms with Crippen LogP contribution in [0, 0.1) is 5.92 Å². The SMILES string of the molecule is CC(C)C1NC2(CCN(SC(=O)O)CC2)NC1=O. The van der Waals surface area contributed by atoms with Gasteiger partial charge in [0.2, 0.25) is 5.91 Å². The minimum Gasteiger partial charge on any atom is -0.472 e. The van der Waals surface area contributed by atoms with Gasteiger partial charge >= 0.3 is 5.30 Å². The van der Waals surface area contributed by atoms with E-state index in [-0.39, 0.29) is 23.5 Å². The maximum absolute atomic E-state index is 11.9. The van der Waals surface area contributed by atoms with Gasteiger partial charge in [0.15, 0.2) is 0 Å². The summed E-state index contributed by atoms with van der Waals surface area (Å²) in [5, 5.41) is 14.3. The van der Waals surface area contributed by atoms with E-state index in [0.717, 1.165) is 24.8 Å². The Kier molecular flexibility index (Phi) is 3.84. The quantitative estimate of drug-likeness (QED) is 0.647. The third-order valence-electron chi connectivity index (χ3n) is 3.53. The third kappa shape index (κ3) is 2.78. The molecule has 0 aromatic heterocycles. The standard InChI is InChI=1S/C11H19N3O3S/c1-7(2)8-9(15)13-11(12-8)3-5-14(6-4-11)18-10(16)17/h7-8,12H,3-6H2,1-2H3,(H,13,15)(H,16,17). The number of hydrogen-bond acceptors (Lipinski definition) is 5. The van der Waals surface area contributed by atoms with Gasteiger partial charge in [0, 0.05) is 25.0 Å². The Labute approximate surface area is 111 Å². The van der Waals surface area contributed by atoms with Gasteiger partial charge in [-0.15, -0.1) is 0 Å². The van der Waals surface area contributed by atoms with Crippen molar-refractivity contribution in [2.75, 3.05) is 13.1 Å². The molecular weight excluding hydrogens is 254 g/mol. The molecule has 1 atom stereocenters. The first-order chi connectivity index (χ1) is 8.42. The van der Waals surface area contributed by atoms with Crippen molar-refractivity contribution in [1.29, 1.82) is 0 Å². The predicted octanol–water partition coefficient (Wildman–Crippen LogP) is 0.849. The number of piperidine rings is 1. The molecule has 0 aromatic carbocycles. The summed E-state index contributed by atoms with van der Waals surface area (Å²) in [4.78, 5) is 22.5. The molecule has 6 nitrogen and oxygen atoms in total. The average molecular weight is 273 g/mol. The summed E-state index contributed by atoms with van der Waals surface area (Å²) >= 11 is 0.835. The second kappa shape index (κ2) is 5.07. The van der Waals surface area contributed by atoms with Crippen molar-refractivity contribution >= 4 is 23.2 Å². The molecule has 18 heavy (non-hydrogen) atoms. The summed E-state index contributed by atoms with van der Waals surface area (Å²) in [5.74, 6) is 0.320. The number of carbonyl (C=O) groups excluding carboxylic acids is 1. The van der Waals surface area contributed by atoms with Crippen LogP contribution < -0.4 is 10.6 Å². The van der Waals surface area contributed by atoms with Crippen LogP contribution in [0.25, 0.3) is 0 Å². The molecule has 102 valence electrons. The Hall–Kier alpha value is -0.790.